The molecule has 2 rings (SSSR count). The minimum absolute atomic E-state index is 0.00560. The normalized spacial score (nSPS) is 34.2. The Morgan fingerprint density at radius 2 is 1.90 bits per heavy atom. The summed E-state index contributed by atoms with van der Waals surface area (Å²) in [6.45, 7) is 5.10. The molecule has 0 amide bonds. The molecular weight excluding hydrogens is 384 g/mol. The molecule has 9 heteroatoms. The fourth-order valence-electron chi connectivity index (χ4n) is 3.52. The second-order valence-electron chi connectivity index (χ2n) is 7.97. The Kier molecular flexibility index (Phi) is 8.59. The van der Waals surface area contributed by atoms with Crippen LogP contribution in [0, 0.1) is 11.8 Å². The highest BCUT2D eigenvalue weighted by molar-refractivity contribution is 5.84. The molecular formula is C20H32O9. The predicted molar refractivity (Wildman–Crippen MR) is 101 cm³/mol. The second-order valence-corrected chi connectivity index (χ2v) is 7.97. The number of methoxy groups -OCH3 is 1. The molecule has 29 heavy (non-hydrogen) atoms. The van der Waals surface area contributed by atoms with Crippen LogP contribution in [-0.2, 0) is 28.5 Å². The second kappa shape index (κ2) is 10.5. The van der Waals surface area contributed by atoms with Crippen LogP contribution in [0.5, 0.6) is 0 Å². The number of epoxide rings is 1. The van der Waals surface area contributed by atoms with Crippen molar-refractivity contribution in [2.75, 3.05) is 20.3 Å². The van der Waals surface area contributed by atoms with Gasteiger partial charge in [0.1, 0.15) is 6.10 Å². The highest BCUT2D eigenvalue weighted by Crippen LogP contribution is 2.38. The molecule has 3 N–H and O–H groups in total. The fraction of sp³-hybridized carbons (Fsp3) is 0.800. The maximum absolute atomic E-state index is 11.7. The first kappa shape index (κ1) is 23.8. The van der Waals surface area contributed by atoms with Gasteiger partial charge in [0.05, 0.1) is 44.2 Å². The van der Waals surface area contributed by atoms with E-state index in [0.29, 0.717) is 12.0 Å². The molecule has 2 aliphatic rings. The van der Waals surface area contributed by atoms with Gasteiger partial charge in [-0.3, -0.25) is 0 Å². The topological polar surface area (TPSA) is 135 Å². The lowest BCUT2D eigenvalue weighted by atomic mass is 9.85. The Hall–Kier alpha value is -1.52. The number of hydrogen-bond acceptors (Lipinski definition) is 9. The largest absolute Gasteiger partial charge is 0.466 e. The van der Waals surface area contributed by atoms with Crippen LogP contribution in [0.4, 0.5) is 0 Å². The molecule has 166 valence electrons. The van der Waals surface area contributed by atoms with Crippen molar-refractivity contribution in [2.45, 2.75) is 70.2 Å². The number of aliphatic hydroxyl groups is 3. The smallest absolute Gasteiger partial charge is 0.344 e. The molecule has 0 spiro atoms. The monoisotopic (exact) mass is 416 g/mol. The lowest BCUT2D eigenvalue weighted by molar-refractivity contribution is -0.165. The predicted octanol–water partition coefficient (Wildman–Crippen LogP) is -0.0498. The SMILES string of the molecule is COC(=O)COC(=O)/C=C(\C)C[C@@H]1OC[C@H](C[C@@H]2O[C@H]2[C@@H](C)[C@H](C)O)[C@@H](O)[C@H]1O. The van der Waals surface area contributed by atoms with Crippen LogP contribution in [0.25, 0.3) is 0 Å². The van der Waals surface area contributed by atoms with Gasteiger partial charge in [-0.2, -0.15) is 0 Å². The average Bonchev–Trinajstić information content (AvgIpc) is 3.44. The van der Waals surface area contributed by atoms with Gasteiger partial charge >= 0.3 is 11.9 Å². The van der Waals surface area contributed by atoms with Gasteiger partial charge in [0.25, 0.3) is 0 Å². The summed E-state index contributed by atoms with van der Waals surface area (Å²) in [6, 6.07) is 0. The van der Waals surface area contributed by atoms with Gasteiger partial charge in [-0.25, -0.2) is 9.59 Å². The standard InChI is InChI=1S/C20H32O9/c1-10(6-16(22)28-9-17(23)26-4)5-14-19(25)18(24)13(8-27-14)7-15-20(29-15)11(2)12(3)21/h6,11-15,18-21,24-25H,5,7-9H2,1-4H3/b10-6+/t11-,12-,13-,14-,15-,18+,19-,20-/m0/s1. The van der Waals surface area contributed by atoms with E-state index in [2.05, 4.69) is 4.74 Å². The highest BCUT2D eigenvalue weighted by atomic mass is 16.6. The van der Waals surface area contributed by atoms with E-state index in [1.807, 2.05) is 6.92 Å². The van der Waals surface area contributed by atoms with Crippen molar-refractivity contribution < 1.29 is 43.9 Å². The molecule has 0 aromatic carbocycles. The van der Waals surface area contributed by atoms with Crippen molar-refractivity contribution in [1.29, 1.82) is 0 Å². The Morgan fingerprint density at radius 1 is 1.21 bits per heavy atom. The molecule has 8 atom stereocenters. The third-order valence-corrected chi connectivity index (χ3v) is 5.62. The van der Waals surface area contributed by atoms with Crippen LogP contribution in [0.2, 0.25) is 0 Å². The van der Waals surface area contributed by atoms with E-state index in [1.165, 1.54) is 13.2 Å². The molecule has 9 nitrogen and oxygen atoms in total. The molecule has 0 unspecified atom stereocenters. The lowest BCUT2D eigenvalue weighted by Gasteiger charge is -2.38. The van der Waals surface area contributed by atoms with Crippen molar-refractivity contribution in [3.8, 4) is 0 Å². The van der Waals surface area contributed by atoms with E-state index in [0.717, 1.165) is 0 Å². The number of esters is 2. The van der Waals surface area contributed by atoms with Gasteiger partial charge in [-0.1, -0.05) is 12.5 Å². The van der Waals surface area contributed by atoms with Crippen molar-refractivity contribution >= 4 is 11.9 Å². The average molecular weight is 416 g/mol. The summed E-state index contributed by atoms with van der Waals surface area (Å²) in [5, 5.41) is 30.6. The van der Waals surface area contributed by atoms with Crippen molar-refractivity contribution in [2.24, 2.45) is 11.8 Å². The van der Waals surface area contributed by atoms with Gasteiger partial charge in [-0.05, 0) is 26.7 Å². The third kappa shape index (κ3) is 6.75. The molecule has 0 radical (unpaired) electrons. The number of rotatable bonds is 9. The van der Waals surface area contributed by atoms with Crippen molar-refractivity contribution in [1.82, 2.24) is 0 Å². The van der Waals surface area contributed by atoms with Crippen LogP contribution in [-0.4, -0.2) is 84.2 Å². The summed E-state index contributed by atoms with van der Waals surface area (Å²) in [4.78, 5) is 22.7. The van der Waals surface area contributed by atoms with Gasteiger partial charge in [0, 0.05) is 17.9 Å². The molecule has 0 bridgehead atoms. The van der Waals surface area contributed by atoms with Crippen LogP contribution in [0.15, 0.2) is 11.6 Å². The number of hydrogen-bond donors (Lipinski definition) is 3. The highest BCUT2D eigenvalue weighted by Gasteiger charge is 2.48. The van der Waals surface area contributed by atoms with E-state index in [4.69, 9.17) is 14.2 Å². The number of carbonyl (C=O) groups excluding carboxylic acids is 2. The Balaban J connectivity index is 1.80. The van der Waals surface area contributed by atoms with Crippen LogP contribution >= 0.6 is 0 Å². The summed E-state index contributed by atoms with van der Waals surface area (Å²) in [7, 11) is 1.20. The quantitative estimate of drug-likeness (QED) is 0.268. The maximum atomic E-state index is 11.7. The van der Waals surface area contributed by atoms with Gasteiger partial charge in [-0.15, -0.1) is 0 Å². The number of carbonyl (C=O) groups is 2. The molecule has 0 saturated carbocycles. The van der Waals surface area contributed by atoms with E-state index < -0.39 is 43.0 Å². The zero-order chi connectivity index (χ0) is 21.7. The van der Waals surface area contributed by atoms with Crippen LogP contribution in [0.1, 0.15) is 33.6 Å². The van der Waals surface area contributed by atoms with Gasteiger partial charge in [0.15, 0.2) is 6.61 Å². The summed E-state index contributed by atoms with van der Waals surface area (Å²) >= 11 is 0. The van der Waals surface area contributed by atoms with Crippen molar-refractivity contribution in [3.05, 3.63) is 11.6 Å². The summed E-state index contributed by atoms with van der Waals surface area (Å²) in [6.07, 6.45) is -1.30. The van der Waals surface area contributed by atoms with Crippen molar-refractivity contribution in [3.63, 3.8) is 0 Å². The van der Waals surface area contributed by atoms with Crippen LogP contribution in [0.3, 0.4) is 0 Å². The molecule has 0 aromatic rings. The summed E-state index contributed by atoms with van der Waals surface area (Å²) in [5.74, 6) is -1.62. The Morgan fingerprint density at radius 3 is 2.52 bits per heavy atom. The molecule has 2 aliphatic heterocycles. The van der Waals surface area contributed by atoms with E-state index >= 15 is 0 Å². The van der Waals surface area contributed by atoms with Crippen LogP contribution < -0.4 is 0 Å². The number of ether oxygens (including phenoxy) is 4. The molecule has 2 fully saturated rings. The third-order valence-electron chi connectivity index (χ3n) is 5.62. The maximum Gasteiger partial charge on any atom is 0.344 e. The van der Waals surface area contributed by atoms with E-state index in [1.54, 1.807) is 13.8 Å². The van der Waals surface area contributed by atoms with E-state index in [-0.39, 0.29) is 37.1 Å². The van der Waals surface area contributed by atoms with E-state index in [9.17, 15) is 24.9 Å². The fourth-order valence-corrected chi connectivity index (χ4v) is 3.52. The first-order valence-corrected chi connectivity index (χ1v) is 9.86. The minimum Gasteiger partial charge on any atom is -0.466 e. The summed E-state index contributed by atoms with van der Waals surface area (Å²) < 4.78 is 20.5. The summed E-state index contributed by atoms with van der Waals surface area (Å²) in [5.41, 5.74) is 0.589. The molecule has 2 saturated heterocycles. The molecule has 2 heterocycles. The Labute approximate surface area is 170 Å². The van der Waals surface area contributed by atoms with Gasteiger partial charge < -0.3 is 34.3 Å². The molecule has 0 aliphatic carbocycles. The zero-order valence-electron chi connectivity index (χ0n) is 17.3. The Bertz CT molecular complexity index is 603. The molecule has 0 aromatic heterocycles. The minimum atomic E-state index is -1.10. The number of aliphatic hydroxyl groups excluding tert-OH is 3. The first-order chi connectivity index (χ1) is 13.6. The zero-order valence-corrected chi connectivity index (χ0v) is 17.3. The first-order valence-electron chi connectivity index (χ1n) is 9.86. The van der Waals surface area contributed by atoms with Gasteiger partial charge in [0.2, 0.25) is 0 Å². The lowest BCUT2D eigenvalue weighted by Crippen LogP contribution is -2.50.